The van der Waals surface area contributed by atoms with Crippen LogP contribution in [0.2, 0.25) is 0 Å². The van der Waals surface area contributed by atoms with Crippen molar-refractivity contribution in [2.45, 2.75) is 6.92 Å². The molecule has 1 amide bonds. The molecule has 0 radical (unpaired) electrons. The fourth-order valence-electron chi connectivity index (χ4n) is 0.838. The zero-order valence-corrected chi connectivity index (χ0v) is 7.45. The van der Waals surface area contributed by atoms with E-state index >= 15 is 0 Å². The molecule has 0 aliphatic rings. The molecule has 4 heteroatoms. The van der Waals surface area contributed by atoms with Gasteiger partial charge in [0.05, 0.1) is 0 Å². The Labute approximate surface area is 76.7 Å². The second kappa shape index (κ2) is 4.35. The van der Waals surface area contributed by atoms with Gasteiger partial charge in [-0.25, -0.2) is 9.97 Å². The van der Waals surface area contributed by atoms with Crippen LogP contribution < -0.4 is 5.32 Å². The summed E-state index contributed by atoms with van der Waals surface area (Å²) in [7, 11) is 0. The van der Waals surface area contributed by atoms with Crippen LogP contribution in [0.4, 0.5) is 0 Å². The number of hydrogen-bond acceptors (Lipinski definition) is 3. The molecular weight excluding hydrogens is 166 g/mol. The van der Waals surface area contributed by atoms with E-state index < -0.39 is 0 Å². The van der Waals surface area contributed by atoms with Crippen molar-refractivity contribution in [1.82, 2.24) is 15.3 Å². The average Bonchev–Trinajstić information content (AvgIpc) is 2.14. The summed E-state index contributed by atoms with van der Waals surface area (Å²) in [6.07, 6.45) is 3.18. The minimum absolute atomic E-state index is 0.203. The number of aryl methyl sites for hydroxylation is 1. The first-order valence-electron chi connectivity index (χ1n) is 3.93. The van der Waals surface area contributed by atoms with Crippen LogP contribution in [0, 0.1) is 6.92 Å². The second-order valence-electron chi connectivity index (χ2n) is 2.49. The van der Waals surface area contributed by atoms with Gasteiger partial charge in [0.1, 0.15) is 11.5 Å². The molecule has 0 fully saturated rings. The highest BCUT2D eigenvalue weighted by Gasteiger charge is 2.04. The van der Waals surface area contributed by atoms with E-state index in [1.54, 1.807) is 25.3 Å². The van der Waals surface area contributed by atoms with E-state index in [1.807, 2.05) is 0 Å². The summed E-state index contributed by atoms with van der Waals surface area (Å²) < 4.78 is 0. The fraction of sp³-hybridized carbons (Fsp3) is 0.222. The van der Waals surface area contributed by atoms with Crippen molar-refractivity contribution in [1.29, 1.82) is 0 Å². The smallest absolute Gasteiger partial charge is 0.270 e. The molecule has 1 heterocycles. The van der Waals surface area contributed by atoms with Gasteiger partial charge in [-0.1, -0.05) is 6.08 Å². The maximum atomic E-state index is 11.3. The number of nitrogens with one attached hydrogen (secondary N) is 1. The van der Waals surface area contributed by atoms with Crippen LogP contribution in [0.5, 0.6) is 0 Å². The van der Waals surface area contributed by atoms with Gasteiger partial charge in [-0.2, -0.15) is 0 Å². The van der Waals surface area contributed by atoms with Gasteiger partial charge >= 0.3 is 0 Å². The largest absolute Gasteiger partial charge is 0.347 e. The topological polar surface area (TPSA) is 54.9 Å². The van der Waals surface area contributed by atoms with Crippen LogP contribution in [-0.2, 0) is 0 Å². The van der Waals surface area contributed by atoms with Crippen molar-refractivity contribution in [3.63, 3.8) is 0 Å². The van der Waals surface area contributed by atoms with Gasteiger partial charge in [0, 0.05) is 12.7 Å². The molecule has 0 spiro atoms. The van der Waals surface area contributed by atoms with Crippen LogP contribution in [0.1, 0.15) is 16.3 Å². The zero-order valence-electron chi connectivity index (χ0n) is 7.45. The van der Waals surface area contributed by atoms with Gasteiger partial charge in [-0.05, 0) is 13.0 Å². The number of amides is 1. The molecule has 0 bridgehead atoms. The summed E-state index contributed by atoms with van der Waals surface area (Å²) in [5, 5.41) is 2.63. The highest BCUT2D eigenvalue weighted by Crippen LogP contribution is 1.93. The summed E-state index contributed by atoms with van der Waals surface area (Å²) in [6.45, 7) is 5.68. The first-order valence-corrected chi connectivity index (χ1v) is 3.93. The number of nitrogens with zero attached hydrogens (tertiary/aromatic N) is 2. The molecule has 0 saturated carbocycles. The Morgan fingerprint density at radius 2 is 2.54 bits per heavy atom. The van der Waals surface area contributed by atoms with Crippen molar-refractivity contribution in [3.05, 3.63) is 36.4 Å². The van der Waals surface area contributed by atoms with E-state index in [2.05, 4.69) is 21.9 Å². The van der Waals surface area contributed by atoms with E-state index in [0.29, 0.717) is 18.1 Å². The monoisotopic (exact) mass is 177 g/mol. The minimum Gasteiger partial charge on any atom is -0.347 e. The van der Waals surface area contributed by atoms with Crippen LogP contribution >= 0.6 is 0 Å². The summed E-state index contributed by atoms with van der Waals surface area (Å²) in [5.74, 6) is 0.386. The molecule has 0 unspecified atom stereocenters. The number of rotatable bonds is 3. The highest BCUT2D eigenvalue weighted by molar-refractivity contribution is 5.92. The summed E-state index contributed by atoms with van der Waals surface area (Å²) in [4.78, 5) is 19.2. The summed E-state index contributed by atoms with van der Waals surface area (Å²) in [5.41, 5.74) is 0.384. The number of hydrogen-bond donors (Lipinski definition) is 1. The fourth-order valence-corrected chi connectivity index (χ4v) is 0.838. The van der Waals surface area contributed by atoms with Crippen molar-refractivity contribution >= 4 is 5.91 Å². The van der Waals surface area contributed by atoms with E-state index in [-0.39, 0.29) is 5.91 Å². The van der Waals surface area contributed by atoms with Gasteiger partial charge < -0.3 is 5.32 Å². The Morgan fingerprint density at radius 1 is 1.77 bits per heavy atom. The molecule has 1 rings (SSSR count). The standard InChI is InChI=1S/C9H11N3O/c1-3-5-11-9(13)8-4-6-10-7(2)12-8/h3-4,6H,1,5H2,2H3,(H,11,13). The molecule has 0 saturated heterocycles. The maximum Gasteiger partial charge on any atom is 0.270 e. The van der Waals surface area contributed by atoms with Crippen molar-refractivity contribution in [2.24, 2.45) is 0 Å². The van der Waals surface area contributed by atoms with Gasteiger partial charge in [-0.3, -0.25) is 4.79 Å². The quantitative estimate of drug-likeness (QED) is 0.691. The zero-order chi connectivity index (χ0) is 9.68. The molecule has 4 nitrogen and oxygen atoms in total. The van der Waals surface area contributed by atoms with Crippen LogP contribution in [-0.4, -0.2) is 22.4 Å². The van der Waals surface area contributed by atoms with Crippen LogP contribution in [0.25, 0.3) is 0 Å². The van der Waals surface area contributed by atoms with Crippen molar-refractivity contribution in [3.8, 4) is 0 Å². The molecular formula is C9H11N3O. The van der Waals surface area contributed by atoms with Crippen LogP contribution in [0.15, 0.2) is 24.9 Å². The lowest BCUT2D eigenvalue weighted by molar-refractivity contribution is 0.0952. The Hall–Kier alpha value is -1.71. The Morgan fingerprint density at radius 3 is 3.15 bits per heavy atom. The van der Waals surface area contributed by atoms with Gasteiger partial charge in [0.25, 0.3) is 5.91 Å². The minimum atomic E-state index is -0.203. The SMILES string of the molecule is C=CCNC(=O)c1ccnc(C)n1. The van der Waals surface area contributed by atoms with E-state index in [9.17, 15) is 4.79 Å². The summed E-state index contributed by atoms with van der Waals surface area (Å²) >= 11 is 0. The maximum absolute atomic E-state index is 11.3. The normalized spacial score (nSPS) is 9.31. The molecule has 68 valence electrons. The molecule has 0 atom stereocenters. The molecule has 0 aliphatic carbocycles. The van der Waals surface area contributed by atoms with Gasteiger partial charge in [0.2, 0.25) is 0 Å². The number of aromatic nitrogens is 2. The van der Waals surface area contributed by atoms with Crippen molar-refractivity contribution < 1.29 is 4.79 Å². The van der Waals surface area contributed by atoms with Gasteiger partial charge in [-0.15, -0.1) is 6.58 Å². The molecule has 1 aromatic rings. The Bertz CT molecular complexity index is 322. The molecule has 0 aliphatic heterocycles. The first kappa shape index (κ1) is 9.38. The first-order chi connectivity index (χ1) is 6.24. The van der Waals surface area contributed by atoms with Crippen LogP contribution in [0.3, 0.4) is 0 Å². The molecule has 0 aromatic carbocycles. The molecule has 13 heavy (non-hydrogen) atoms. The molecule has 1 aromatic heterocycles. The lowest BCUT2D eigenvalue weighted by atomic mass is 10.3. The van der Waals surface area contributed by atoms with E-state index in [1.165, 1.54) is 0 Å². The predicted molar refractivity (Wildman–Crippen MR) is 49.3 cm³/mol. The Kier molecular flexibility index (Phi) is 3.14. The third-order valence-electron chi connectivity index (χ3n) is 1.42. The lowest BCUT2D eigenvalue weighted by Crippen LogP contribution is -2.24. The third kappa shape index (κ3) is 2.66. The summed E-state index contributed by atoms with van der Waals surface area (Å²) in [6, 6.07) is 1.57. The predicted octanol–water partition coefficient (Wildman–Crippen LogP) is 0.701. The molecule has 1 N–H and O–H groups in total. The van der Waals surface area contributed by atoms with Gasteiger partial charge in [0.15, 0.2) is 0 Å². The Balaban J connectivity index is 2.71. The van der Waals surface area contributed by atoms with E-state index in [4.69, 9.17) is 0 Å². The number of carbonyl (C=O) groups is 1. The average molecular weight is 177 g/mol. The number of carbonyl (C=O) groups excluding carboxylic acids is 1. The third-order valence-corrected chi connectivity index (χ3v) is 1.42. The highest BCUT2D eigenvalue weighted by atomic mass is 16.1. The van der Waals surface area contributed by atoms with E-state index in [0.717, 1.165) is 0 Å². The second-order valence-corrected chi connectivity index (χ2v) is 2.49. The van der Waals surface area contributed by atoms with Crippen molar-refractivity contribution in [2.75, 3.05) is 6.54 Å². The lowest BCUT2D eigenvalue weighted by Gasteiger charge is -2.00.